The van der Waals surface area contributed by atoms with E-state index >= 15 is 0 Å². The highest BCUT2D eigenvalue weighted by Gasteiger charge is 2.29. The van der Waals surface area contributed by atoms with E-state index in [0.29, 0.717) is 0 Å². The monoisotopic (exact) mass is 453 g/mol. The highest BCUT2D eigenvalue weighted by Crippen LogP contribution is 2.44. The zero-order valence-electron chi connectivity index (χ0n) is 17.2. The molecule has 0 fully saturated rings. The second kappa shape index (κ2) is 9.56. The van der Waals surface area contributed by atoms with Gasteiger partial charge in [0.15, 0.2) is 0 Å². The number of ether oxygens (including phenoxy) is 1. The summed E-state index contributed by atoms with van der Waals surface area (Å²) in [6, 6.07) is 17.6. The molecule has 0 spiro atoms. The van der Waals surface area contributed by atoms with Crippen molar-refractivity contribution in [2.24, 2.45) is 0 Å². The predicted molar refractivity (Wildman–Crippen MR) is 122 cm³/mol. The predicted octanol–water partition coefficient (Wildman–Crippen LogP) is 3.64. The Kier molecular flexibility index (Phi) is 6.60. The summed E-state index contributed by atoms with van der Waals surface area (Å²) >= 11 is 5.76. The zero-order chi connectivity index (χ0) is 22.7. The third-order valence-corrected chi connectivity index (χ3v) is 5.88. The van der Waals surface area contributed by atoms with Crippen molar-refractivity contribution in [3.63, 3.8) is 0 Å². The fourth-order valence-corrected chi connectivity index (χ4v) is 4.20. The lowest BCUT2D eigenvalue weighted by Crippen LogP contribution is -2.31. The topological polar surface area (TPSA) is 118 Å². The number of carbonyl (C=O) groups is 1. The first-order chi connectivity index (χ1) is 15.5. The van der Waals surface area contributed by atoms with Gasteiger partial charge in [-0.2, -0.15) is 0 Å². The highest BCUT2D eigenvalue weighted by atomic mass is 35.5. The summed E-state index contributed by atoms with van der Waals surface area (Å²) in [5.74, 6) is -0.0269. The number of amides is 1. The number of aliphatic hydroxyl groups is 2. The molecule has 2 aromatic carbocycles. The molecule has 0 aliphatic heterocycles. The Morgan fingerprint density at radius 3 is 2.38 bits per heavy atom. The normalized spacial score (nSPS) is 14.3. The van der Waals surface area contributed by atoms with Gasteiger partial charge in [0.25, 0.3) is 0 Å². The Labute approximate surface area is 190 Å². The van der Waals surface area contributed by atoms with Crippen LogP contribution in [-0.2, 0) is 4.74 Å². The largest absolute Gasteiger partial charge is 0.449 e. The Hall–Kier alpha value is -3.13. The quantitative estimate of drug-likeness (QED) is 0.406. The Morgan fingerprint density at radius 2 is 1.75 bits per heavy atom. The van der Waals surface area contributed by atoms with Crippen molar-refractivity contribution in [1.29, 1.82) is 0 Å². The average Bonchev–Trinajstić information content (AvgIpc) is 3.11. The number of anilines is 1. The van der Waals surface area contributed by atoms with E-state index in [4.69, 9.17) is 22.1 Å². The Balaban J connectivity index is 1.29. The van der Waals surface area contributed by atoms with E-state index in [9.17, 15) is 15.0 Å². The average molecular weight is 454 g/mol. The number of nitrogens with one attached hydrogen (secondary N) is 1. The maximum atomic E-state index is 12.2. The number of nitrogens with two attached hydrogens (primary N) is 1. The molecule has 32 heavy (non-hydrogen) atoms. The first kappa shape index (κ1) is 22.1. The standard InChI is InChI=1S/C24H24ClN3O4/c25-22-11-20(26)18(12-28-22)23(30)21(29)9-10-27-24(31)32-13-19-16-7-3-1-5-14(16)15-6-2-4-8-17(15)19/h1-8,11-12,19,21,23,29-30H,9-10,13H2,(H2,26,28)(H,27,31). The fourth-order valence-electron chi connectivity index (χ4n) is 4.04. The minimum absolute atomic E-state index is 0.0269. The lowest BCUT2D eigenvalue weighted by atomic mass is 9.98. The van der Waals surface area contributed by atoms with Crippen LogP contribution in [0.4, 0.5) is 10.5 Å². The van der Waals surface area contributed by atoms with Crippen molar-refractivity contribution in [2.45, 2.75) is 24.5 Å². The number of halogens is 1. The molecule has 2 unspecified atom stereocenters. The van der Waals surface area contributed by atoms with Gasteiger partial charge in [0.2, 0.25) is 0 Å². The van der Waals surface area contributed by atoms with Crippen LogP contribution in [-0.4, -0.2) is 40.5 Å². The molecule has 0 saturated heterocycles. The molecule has 2 atom stereocenters. The number of fused-ring (bicyclic) bond motifs is 3. The van der Waals surface area contributed by atoms with E-state index in [1.165, 1.54) is 12.3 Å². The van der Waals surface area contributed by atoms with Crippen molar-refractivity contribution in [3.05, 3.63) is 82.6 Å². The van der Waals surface area contributed by atoms with Gasteiger partial charge in [-0.1, -0.05) is 60.1 Å². The van der Waals surface area contributed by atoms with E-state index < -0.39 is 18.3 Å². The van der Waals surface area contributed by atoms with Crippen molar-refractivity contribution < 1.29 is 19.7 Å². The Bertz CT molecular complexity index is 1080. The molecule has 1 aromatic heterocycles. The highest BCUT2D eigenvalue weighted by molar-refractivity contribution is 6.29. The van der Waals surface area contributed by atoms with E-state index in [1.807, 2.05) is 24.3 Å². The molecule has 1 heterocycles. The molecule has 1 aliphatic rings. The summed E-state index contributed by atoms with van der Waals surface area (Å²) in [5.41, 5.74) is 10.9. The zero-order valence-corrected chi connectivity index (χ0v) is 18.0. The molecule has 4 rings (SSSR count). The molecule has 166 valence electrons. The van der Waals surface area contributed by atoms with Crippen LogP contribution in [0.2, 0.25) is 5.15 Å². The smallest absolute Gasteiger partial charge is 0.407 e. The summed E-state index contributed by atoms with van der Waals surface area (Å²) in [5, 5.41) is 23.4. The lowest BCUT2D eigenvalue weighted by molar-refractivity contribution is 0.0139. The van der Waals surface area contributed by atoms with Crippen LogP contribution in [0.3, 0.4) is 0 Å². The molecule has 7 nitrogen and oxygen atoms in total. The fraction of sp³-hybridized carbons (Fsp3) is 0.250. The number of nitrogens with zero attached hydrogens (tertiary/aromatic N) is 1. The Morgan fingerprint density at radius 1 is 1.12 bits per heavy atom. The molecule has 0 saturated carbocycles. The number of hydrogen-bond acceptors (Lipinski definition) is 6. The lowest BCUT2D eigenvalue weighted by Gasteiger charge is -2.19. The summed E-state index contributed by atoms with van der Waals surface area (Å²) in [6.45, 7) is 0.327. The molecule has 3 aromatic rings. The van der Waals surface area contributed by atoms with Gasteiger partial charge >= 0.3 is 6.09 Å². The minimum atomic E-state index is -1.25. The molecule has 5 N–H and O–H groups in total. The third-order valence-electron chi connectivity index (χ3n) is 5.67. The molecule has 1 amide bonds. The maximum absolute atomic E-state index is 12.2. The number of nitrogen functional groups attached to an aromatic ring is 1. The summed E-state index contributed by atoms with van der Waals surface area (Å²) in [7, 11) is 0. The molecular formula is C24H24ClN3O4. The van der Waals surface area contributed by atoms with Crippen LogP contribution in [0.5, 0.6) is 0 Å². The second-order valence-corrected chi connectivity index (χ2v) is 8.08. The van der Waals surface area contributed by atoms with Gasteiger partial charge in [-0.25, -0.2) is 9.78 Å². The number of pyridine rings is 1. The van der Waals surface area contributed by atoms with Crippen LogP contribution < -0.4 is 11.1 Å². The van der Waals surface area contributed by atoms with Crippen LogP contribution in [0.25, 0.3) is 11.1 Å². The van der Waals surface area contributed by atoms with E-state index in [-0.39, 0.29) is 41.9 Å². The number of aliphatic hydroxyl groups excluding tert-OH is 2. The molecule has 8 heteroatoms. The maximum Gasteiger partial charge on any atom is 0.407 e. The van der Waals surface area contributed by atoms with Crippen molar-refractivity contribution >= 4 is 23.4 Å². The van der Waals surface area contributed by atoms with Crippen LogP contribution in [0, 0.1) is 0 Å². The minimum Gasteiger partial charge on any atom is -0.449 e. The van der Waals surface area contributed by atoms with E-state index in [0.717, 1.165) is 22.3 Å². The van der Waals surface area contributed by atoms with Gasteiger partial charge in [0.05, 0.1) is 6.10 Å². The molecule has 0 radical (unpaired) electrons. The number of rotatable bonds is 7. The van der Waals surface area contributed by atoms with Crippen LogP contribution in [0.1, 0.15) is 35.1 Å². The first-order valence-corrected chi connectivity index (χ1v) is 10.7. The first-order valence-electron chi connectivity index (χ1n) is 10.3. The van der Waals surface area contributed by atoms with Gasteiger partial charge in [-0.15, -0.1) is 0 Å². The summed E-state index contributed by atoms with van der Waals surface area (Å²) in [4.78, 5) is 16.1. The number of aromatic nitrogens is 1. The number of hydrogen-bond donors (Lipinski definition) is 4. The van der Waals surface area contributed by atoms with Gasteiger partial charge in [-0.05, 0) is 34.7 Å². The SMILES string of the molecule is Nc1cc(Cl)ncc1C(O)C(O)CCNC(=O)OCC1c2ccccc2-c2ccccc21. The molecule has 0 bridgehead atoms. The van der Waals surface area contributed by atoms with Gasteiger partial charge in [0.1, 0.15) is 17.9 Å². The van der Waals surface area contributed by atoms with Gasteiger partial charge < -0.3 is 26.0 Å². The van der Waals surface area contributed by atoms with Gasteiger partial charge in [-0.3, -0.25) is 0 Å². The van der Waals surface area contributed by atoms with Crippen molar-refractivity contribution in [1.82, 2.24) is 10.3 Å². The third kappa shape index (κ3) is 4.55. The molecular weight excluding hydrogens is 430 g/mol. The summed E-state index contributed by atoms with van der Waals surface area (Å²) in [6.07, 6.45) is -1.54. The number of benzene rings is 2. The van der Waals surface area contributed by atoms with Crippen LogP contribution in [0.15, 0.2) is 60.8 Å². The van der Waals surface area contributed by atoms with E-state index in [2.05, 4.69) is 34.6 Å². The molecule has 1 aliphatic carbocycles. The van der Waals surface area contributed by atoms with Crippen LogP contribution >= 0.6 is 11.6 Å². The second-order valence-electron chi connectivity index (χ2n) is 7.69. The van der Waals surface area contributed by atoms with Gasteiger partial charge in [0, 0.05) is 29.9 Å². The van der Waals surface area contributed by atoms with Crippen molar-refractivity contribution in [3.8, 4) is 11.1 Å². The number of carbonyl (C=O) groups excluding carboxylic acids is 1. The number of alkyl carbamates (subject to hydrolysis) is 1. The summed E-state index contributed by atoms with van der Waals surface area (Å²) < 4.78 is 5.46. The van der Waals surface area contributed by atoms with E-state index in [1.54, 1.807) is 0 Å². The van der Waals surface area contributed by atoms with Crippen molar-refractivity contribution in [2.75, 3.05) is 18.9 Å².